The van der Waals surface area contributed by atoms with E-state index in [0.717, 1.165) is 16.9 Å². The molecule has 3 aromatic carbocycles. The highest BCUT2D eigenvalue weighted by Crippen LogP contribution is 2.47. The van der Waals surface area contributed by atoms with Gasteiger partial charge in [0.05, 0.1) is 17.4 Å². The number of nitrogens with one attached hydrogen (secondary N) is 1. The summed E-state index contributed by atoms with van der Waals surface area (Å²) in [7, 11) is 0. The molecular weight excluding hydrogens is 403 g/mol. The number of amides is 1. The van der Waals surface area contributed by atoms with E-state index in [1.165, 1.54) is 19.1 Å². The lowest BCUT2D eigenvalue weighted by Crippen LogP contribution is -2.37. The molecule has 0 bridgehead atoms. The number of Topliss-reactive ketones (excluding diaryl/α,β-unsaturated/α-hetero) is 1. The first-order valence-electron chi connectivity index (χ1n) is 10.8. The van der Waals surface area contributed by atoms with Crippen molar-refractivity contribution in [1.82, 2.24) is 0 Å². The van der Waals surface area contributed by atoms with Gasteiger partial charge < -0.3 is 5.32 Å². The molecule has 5 rings (SSSR count). The number of benzene rings is 3. The highest BCUT2D eigenvalue weighted by Gasteiger charge is 2.40. The topological polar surface area (TPSA) is 49.4 Å². The summed E-state index contributed by atoms with van der Waals surface area (Å²) in [5.74, 6) is -0.593. The number of fused-ring (bicyclic) bond motifs is 1. The number of ketones is 1. The van der Waals surface area contributed by atoms with Gasteiger partial charge in [-0.05, 0) is 47.7 Å². The molecule has 160 valence electrons. The Balaban J connectivity index is 1.72. The van der Waals surface area contributed by atoms with Crippen molar-refractivity contribution < 1.29 is 14.0 Å². The Labute approximate surface area is 186 Å². The van der Waals surface area contributed by atoms with Crippen molar-refractivity contribution in [2.24, 2.45) is 0 Å². The average molecular weight is 426 g/mol. The van der Waals surface area contributed by atoms with Crippen molar-refractivity contribution in [3.63, 3.8) is 0 Å². The van der Waals surface area contributed by atoms with E-state index < -0.39 is 11.9 Å². The summed E-state index contributed by atoms with van der Waals surface area (Å²) in [5.41, 5.74) is 4.45. The number of carbonyl (C=O) groups is 2. The fourth-order valence-electron chi connectivity index (χ4n) is 4.89. The van der Waals surface area contributed by atoms with E-state index >= 15 is 0 Å². The standard InChI is InChI=1S/C27H23FN2O2/c1-17(31)30-24-13-6-5-12-22(24)29-23-15-20(18-8-3-2-4-9-18)16-25(32)26(23)27(30)19-10-7-11-21(28)14-19/h2-14,20,27,29H,15-16H2,1H3/t20-,27+/m1/s1. The molecule has 1 aliphatic carbocycles. The van der Waals surface area contributed by atoms with E-state index in [4.69, 9.17) is 0 Å². The molecule has 32 heavy (non-hydrogen) atoms. The number of carbonyl (C=O) groups excluding carboxylic acids is 2. The molecule has 1 amide bonds. The van der Waals surface area contributed by atoms with Gasteiger partial charge in [0.15, 0.2) is 5.78 Å². The minimum Gasteiger partial charge on any atom is -0.357 e. The monoisotopic (exact) mass is 426 g/mol. The minimum atomic E-state index is -0.696. The maximum absolute atomic E-state index is 14.2. The molecule has 4 nitrogen and oxygen atoms in total. The number of nitrogens with zero attached hydrogens (tertiary/aromatic N) is 1. The lowest BCUT2D eigenvalue weighted by atomic mass is 9.78. The highest BCUT2D eigenvalue weighted by molar-refractivity contribution is 6.05. The van der Waals surface area contributed by atoms with Crippen molar-refractivity contribution in [2.45, 2.75) is 31.7 Å². The van der Waals surface area contributed by atoms with Gasteiger partial charge in [-0.25, -0.2) is 4.39 Å². The van der Waals surface area contributed by atoms with Crippen LogP contribution in [0.3, 0.4) is 0 Å². The summed E-state index contributed by atoms with van der Waals surface area (Å²) < 4.78 is 14.2. The first-order valence-corrected chi connectivity index (χ1v) is 10.8. The van der Waals surface area contributed by atoms with Crippen LogP contribution in [0.5, 0.6) is 0 Å². The molecule has 0 aromatic heterocycles. The number of para-hydroxylation sites is 2. The molecule has 2 atom stereocenters. The molecule has 0 fully saturated rings. The van der Waals surface area contributed by atoms with Crippen LogP contribution < -0.4 is 10.2 Å². The Morgan fingerprint density at radius 2 is 1.66 bits per heavy atom. The fourth-order valence-corrected chi connectivity index (χ4v) is 4.89. The second kappa shape index (κ2) is 8.08. The SMILES string of the molecule is CC(=O)N1c2ccccc2NC2=C(C(=O)C[C@H](c3ccccc3)C2)[C@@H]1c1cccc(F)c1. The van der Waals surface area contributed by atoms with E-state index in [-0.39, 0.29) is 17.6 Å². The quantitative estimate of drug-likeness (QED) is 0.568. The van der Waals surface area contributed by atoms with E-state index in [2.05, 4.69) is 5.32 Å². The third kappa shape index (κ3) is 3.50. The predicted octanol–water partition coefficient (Wildman–Crippen LogP) is 5.75. The van der Waals surface area contributed by atoms with Crippen molar-refractivity contribution in [2.75, 3.05) is 10.2 Å². The van der Waals surface area contributed by atoms with E-state index in [1.54, 1.807) is 17.0 Å². The first kappa shape index (κ1) is 20.2. The van der Waals surface area contributed by atoms with E-state index in [1.807, 2.05) is 54.6 Å². The zero-order valence-corrected chi connectivity index (χ0v) is 17.7. The van der Waals surface area contributed by atoms with Crippen LogP contribution in [-0.4, -0.2) is 11.7 Å². The predicted molar refractivity (Wildman–Crippen MR) is 123 cm³/mol. The van der Waals surface area contributed by atoms with Crippen molar-refractivity contribution >= 4 is 23.1 Å². The van der Waals surface area contributed by atoms with Crippen LogP contribution in [0.1, 0.15) is 42.9 Å². The summed E-state index contributed by atoms with van der Waals surface area (Å²) in [5, 5.41) is 3.46. The molecule has 0 unspecified atom stereocenters. The zero-order valence-electron chi connectivity index (χ0n) is 17.7. The highest BCUT2D eigenvalue weighted by atomic mass is 19.1. The molecule has 0 saturated heterocycles. The van der Waals surface area contributed by atoms with E-state index in [9.17, 15) is 14.0 Å². The molecule has 5 heteroatoms. The molecule has 1 heterocycles. The van der Waals surface area contributed by atoms with Gasteiger partial charge in [-0.2, -0.15) is 0 Å². The Morgan fingerprint density at radius 1 is 0.938 bits per heavy atom. The van der Waals surface area contributed by atoms with Crippen molar-refractivity contribution in [1.29, 1.82) is 0 Å². The fraction of sp³-hybridized carbons (Fsp3) is 0.185. The van der Waals surface area contributed by atoms with Gasteiger partial charge in [-0.1, -0.05) is 54.6 Å². The smallest absolute Gasteiger partial charge is 0.224 e. The number of allylic oxidation sites excluding steroid dienone is 1. The molecule has 0 spiro atoms. The van der Waals surface area contributed by atoms with Gasteiger partial charge in [-0.3, -0.25) is 14.5 Å². The number of anilines is 2. The van der Waals surface area contributed by atoms with Crippen LogP contribution in [0, 0.1) is 5.82 Å². The van der Waals surface area contributed by atoms with Gasteiger partial charge in [0.25, 0.3) is 0 Å². The third-order valence-electron chi connectivity index (χ3n) is 6.26. The summed E-state index contributed by atoms with van der Waals surface area (Å²) in [6.45, 7) is 1.48. The molecule has 3 aromatic rings. The second-order valence-corrected chi connectivity index (χ2v) is 8.32. The van der Waals surface area contributed by atoms with Crippen molar-refractivity contribution in [3.8, 4) is 0 Å². The van der Waals surface area contributed by atoms with Crippen LogP contribution in [0.25, 0.3) is 0 Å². The summed E-state index contributed by atoms with van der Waals surface area (Å²) in [6.07, 6.45) is 0.982. The Hall–Kier alpha value is -3.73. The van der Waals surface area contributed by atoms with Gasteiger partial charge in [0.1, 0.15) is 5.82 Å². The molecule has 1 aliphatic heterocycles. The maximum atomic E-state index is 14.2. The van der Waals surface area contributed by atoms with Crippen LogP contribution in [0.4, 0.5) is 15.8 Å². The normalized spacial score (nSPS) is 20.2. The van der Waals surface area contributed by atoms with Crippen LogP contribution in [0.2, 0.25) is 0 Å². The van der Waals surface area contributed by atoms with Gasteiger partial charge in [0, 0.05) is 24.6 Å². The van der Waals surface area contributed by atoms with Gasteiger partial charge >= 0.3 is 0 Å². The lowest BCUT2D eigenvalue weighted by molar-refractivity contribution is -0.117. The van der Waals surface area contributed by atoms with Crippen LogP contribution in [0.15, 0.2) is 90.1 Å². The first-order chi connectivity index (χ1) is 15.5. The van der Waals surface area contributed by atoms with Crippen molar-refractivity contribution in [3.05, 3.63) is 107 Å². The second-order valence-electron chi connectivity index (χ2n) is 8.32. The van der Waals surface area contributed by atoms with E-state index in [0.29, 0.717) is 29.7 Å². The Morgan fingerprint density at radius 3 is 2.41 bits per heavy atom. The average Bonchev–Trinajstić information content (AvgIpc) is 2.94. The molecule has 1 N–H and O–H groups in total. The zero-order chi connectivity index (χ0) is 22.2. The summed E-state index contributed by atoms with van der Waals surface area (Å²) in [6, 6.07) is 23.0. The summed E-state index contributed by atoms with van der Waals surface area (Å²) >= 11 is 0. The number of halogens is 1. The maximum Gasteiger partial charge on any atom is 0.224 e. The van der Waals surface area contributed by atoms with Crippen LogP contribution in [-0.2, 0) is 9.59 Å². The molecule has 0 saturated carbocycles. The third-order valence-corrected chi connectivity index (χ3v) is 6.26. The minimum absolute atomic E-state index is 0.0269. The van der Waals surface area contributed by atoms with Gasteiger partial charge in [-0.15, -0.1) is 0 Å². The Kier molecular flexibility index (Phi) is 5.10. The molecular formula is C27H23FN2O2. The lowest BCUT2D eigenvalue weighted by Gasteiger charge is -2.34. The number of rotatable bonds is 2. The van der Waals surface area contributed by atoms with Gasteiger partial charge in [0.2, 0.25) is 5.91 Å². The molecule has 0 radical (unpaired) electrons. The number of hydrogen-bond acceptors (Lipinski definition) is 3. The van der Waals surface area contributed by atoms with Crippen LogP contribution >= 0.6 is 0 Å². The Bertz CT molecular complexity index is 1240. The largest absolute Gasteiger partial charge is 0.357 e. The summed E-state index contributed by atoms with van der Waals surface area (Å²) in [4.78, 5) is 28.2. The molecule has 2 aliphatic rings. The number of hydrogen-bond donors (Lipinski definition) is 1.